The molecule has 32 heavy (non-hydrogen) atoms. The molecule has 0 spiro atoms. The van der Waals surface area contributed by atoms with Crippen LogP contribution in [0.1, 0.15) is 29.8 Å². The van der Waals surface area contributed by atoms with Gasteiger partial charge in [0.2, 0.25) is 11.8 Å². The molecule has 1 saturated heterocycles. The number of hydrogen-bond donors (Lipinski definition) is 1. The first-order valence-electron chi connectivity index (χ1n) is 10.8. The third-order valence-corrected chi connectivity index (χ3v) is 6.15. The van der Waals surface area contributed by atoms with Crippen LogP contribution in [0, 0.1) is 6.92 Å². The molecule has 2 aliphatic heterocycles. The molecule has 3 aromatic rings. The summed E-state index contributed by atoms with van der Waals surface area (Å²) in [6.45, 7) is 3.92. The van der Waals surface area contributed by atoms with Crippen LogP contribution < -0.4 is 5.56 Å². The van der Waals surface area contributed by atoms with E-state index in [4.69, 9.17) is 9.72 Å². The van der Waals surface area contributed by atoms with Gasteiger partial charge in [-0.2, -0.15) is 0 Å². The fourth-order valence-corrected chi connectivity index (χ4v) is 4.47. The van der Waals surface area contributed by atoms with E-state index in [1.165, 1.54) is 4.52 Å². The molecule has 0 saturated carbocycles. The number of carbonyl (C=O) groups excluding carboxylic acids is 2. The van der Waals surface area contributed by atoms with Crippen molar-refractivity contribution in [3.8, 4) is 11.1 Å². The Labute approximate surface area is 184 Å². The second-order valence-corrected chi connectivity index (χ2v) is 8.27. The summed E-state index contributed by atoms with van der Waals surface area (Å²) in [6.07, 6.45) is 1.47. The molecule has 0 unspecified atom stereocenters. The number of ether oxygens (including phenoxy) is 1. The number of fused-ring (bicyclic) bond motifs is 2. The Morgan fingerprint density at radius 3 is 2.75 bits per heavy atom. The van der Waals surface area contributed by atoms with Gasteiger partial charge in [-0.25, -0.2) is 9.50 Å². The van der Waals surface area contributed by atoms with Crippen molar-refractivity contribution in [2.45, 2.75) is 32.9 Å². The van der Waals surface area contributed by atoms with E-state index >= 15 is 0 Å². The number of nitrogens with zero attached hydrogens (tertiary/aromatic N) is 4. The fraction of sp³-hybridized carbons (Fsp3) is 0.391. The summed E-state index contributed by atoms with van der Waals surface area (Å²) >= 11 is 0. The van der Waals surface area contributed by atoms with Gasteiger partial charge in [0.15, 0.2) is 5.65 Å². The van der Waals surface area contributed by atoms with Crippen LogP contribution in [0.4, 0.5) is 0 Å². The number of aryl methyl sites for hydroxylation is 1. The van der Waals surface area contributed by atoms with Gasteiger partial charge in [-0.1, -0.05) is 30.3 Å². The van der Waals surface area contributed by atoms with Crippen LogP contribution in [0.25, 0.3) is 16.8 Å². The van der Waals surface area contributed by atoms with Crippen molar-refractivity contribution in [1.29, 1.82) is 0 Å². The maximum absolute atomic E-state index is 13.1. The number of likely N-dealkylation sites (tertiary alicyclic amines) is 1. The predicted molar refractivity (Wildman–Crippen MR) is 117 cm³/mol. The first-order chi connectivity index (χ1) is 15.5. The smallest absolute Gasteiger partial charge is 0.278 e. The number of aromatic amines is 1. The average molecular weight is 435 g/mol. The van der Waals surface area contributed by atoms with Crippen molar-refractivity contribution in [2.24, 2.45) is 0 Å². The van der Waals surface area contributed by atoms with Gasteiger partial charge in [-0.3, -0.25) is 19.5 Å². The minimum atomic E-state index is -0.191. The molecule has 0 bridgehead atoms. The maximum Gasteiger partial charge on any atom is 0.278 e. The van der Waals surface area contributed by atoms with Crippen LogP contribution >= 0.6 is 0 Å². The lowest BCUT2D eigenvalue weighted by Crippen LogP contribution is -2.32. The third kappa shape index (κ3) is 3.58. The Morgan fingerprint density at radius 1 is 1.19 bits per heavy atom. The SMILES string of the molecule is Cc1[nH]n2c(=O)c3c(nc2c1-c1ccccc1)CN(C(=O)COCCN1CCCC1=O)C3. The van der Waals surface area contributed by atoms with Crippen LogP contribution in [0.2, 0.25) is 0 Å². The quantitative estimate of drug-likeness (QED) is 0.591. The first kappa shape index (κ1) is 20.4. The summed E-state index contributed by atoms with van der Waals surface area (Å²) in [6, 6.07) is 9.81. The second-order valence-electron chi connectivity index (χ2n) is 8.27. The summed E-state index contributed by atoms with van der Waals surface area (Å²) in [5.41, 5.74) is 4.27. The van der Waals surface area contributed by atoms with Crippen molar-refractivity contribution in [3.05, 3.63) is 57.6 Å². The van der Waals surface area contributed by atoms with Crippen LogP contribution in [0.15, 0.2) is 35.1 Å². The lowest BCUT2D eigenvalue weighted by atomic mass is 10.1. The standard InChI is InChI=1S/C23H25N5O4/c1-15-21(16-6-3-2-4-7-16)22-24-18-13-27(12-17(18)23(31)28(22)25-15)20(30)14-32-11-10-26-9-5-8-19(26)29/h2-4,6-7,25H,5,8-14H2,1H3. The van der Waals surface area contributed by atoms with Gasteiger partial charge < -0.3 is 14.5 Å². The zero-order chi connectivity index (χ0) is 22.2. The van der Waals surface area contributed by atoms with E-state index in [1.807, 2.05) is 37.3 Å². The van der Waals surface area contributed by atoms with Crippen LogP contribution in [0.3, 0.4) is 0 Å². The number of H-pyrrole nitrogens is 1. The average Bonchev–Trinajstić information content (AvgIpc) is 3.49. The van der Waals surface area contributed by atoms with Crippen molar-refractivity contribution in [1.82, 2.24) is 24.4 Å². The molecule has 0 atom stereocenters. The van der Waals surface area contributed by atoms with E-state index in [9.17, 15) is 14.4 Å². The van der Waals surface area contributed by atoms with E-state index in [1.54, 1.807) is 9.80 Å². The largest absolute Gasteiger partial charge is 0.370 e. The number of benzene rings is 1. The summed E-state index contributed by atoms with van der Waals surface area (Å²) in [5.74, 6) is -0.0504. The molecule has 1 fully saturated rings. The monoisotopic (exact) mass is 435 g/mol. The molecule has 166 valence electrons. The van der Waals surface area contributed by atoms with Crippen LogP contribution in [-0.4, -0.2) is 62.5 Å². The van der Waals surface area contributed by atoms with Crippen LogP contribution in [-0.2, 0) is 27.4 Å². The Hall–Kier alpha value is -3.46. The highest BCUT2D eigenvalue weighted by Crippen LogP contribution is 2.28. The van der Waals surface area contributed by atoms with Crippen molar-refractivity contribution >= 4 is 17.5 Å². The normalized spacial score (nSPS) is 15.7. The fourth-order valence-electron chi connectivity index (χ4n) is 4.47. The van der Waals surface area contributed by atoms with E-state index < -0.39 is 0 Å². The summed E-state index contributed by atoms with van der Waals surface area (Å²) in [5, 5.41) is 3.12. The lowest BCUT2D eigenvalue weighted by Gasteiger charge is -2.17. The highest BCUT2D eigenvalue weighted by Gasteiger charge is 2.29. The van der Waals surface area contributed by atoms with Gasteiger partial charge in [-0.05, 0) is 18.9 Å². The van der Waals surface area contributed by atoms with Crippen LogP contribution in [0.5, 0.6) is 0 Å². The van der Waals surface area contributed by atoms with Crippen molar-refractivity contribution in [2.75, 3.05) is 26.3 Å². The Morgan fingerprint density at radius 2 is 2.00 bits per heavy atom. The zero-order valence-corrected chi connectivity index (χ0v) is 18.0. The molecule has 0 aliphatic carbocycles. The minimum Gasteiger partial charge on any atom is -0.370 e. The molecule has 1 N–H and O–H groups in total. The maximum atomic E-state index is 13.1. The molecule has 0 radical (unpaired) electrons. The molecule has 2 amide bonds. The van der Waals surface area contributed by atoms with E-state index in [-0.39, 0.29) is 37.1 Å². The molecule has 9 heteroatoms. The van der Waals surface area contributed by atoms with Gasteiger partial charge in [0.05, 0.1) is 31.0 Å². The van der Waals surface area contributed by atoms with Crippen molar-refractivity contribution < 1.29 is 14.3 Å². The van der Waals surface area contributed by atoms with E-state index in [0.29, 0.717) is 36.5 Å². The number of amides is 2. The molecular formula is C23H25N5O4. The highest BCUT2D eigenvalue weighted by molar-refractivity contribution is 5.81. The highest BCUT2D eigenvalue weighted by atomic mass is 16.5. The Kier molecular flexibility index (Phi) is 5.26. The molecular weight excluding hydrogens is 410 g/mol. The van der Waals surface area contributed by atoms with Gasteiger partial charge in [0, 0.05) is 30.8 Å². The summed E-state index contributed by atoms with van der Waals surface area (Å²) < 4.78 is 6.97. The molecule has 4 heterocycles. The first-order valence-corrected chi connectivity index (χ1v) is 10.8. The molecule has 2 aromatic heterocycles. The van der Waals surface area contributed by atoms with E-state index in [0.717, 1.165) is 29.8 Å². The number of aromatic nitrogens is 3. The second kappa shape index (κ2) is 8.23. The van der Waals surface area contributed by atoms with Crippen molar-refractivity contribution in [3.63, 3.8) is 0 Å². The predicted octanol–water partition coefficient (Wildman–Crippen LogP) is 1.48. The molecule has 5 rings (SSSR count). The van der Waals surface area contributed by atoms with E-state index in [2.05, 4.69) is 5.10 Å². The molecule has 9 nitrogen and oxygen atoms in total. The Balaban J connectivity index is 1.30. The number of carbonyl (C=O) groups is 2. The summed E-state index contributed by atoms with van der Waals surface area (Å²) in [7, 11) is 0. The van der Waals surface area contributed by atoms with Gasteiger partial charge in [0.25, 0.3) is 5.56 Å². The lowest BCUT2D eigenvalue weighted by molar-refractivity contribution is -0.137. The minimum absolute atomic E-state index is 0.0798. The third-order valence-electron chi connectivity index (χ3n) is 6.15. The number of rotatable bonds is 6. The summed E-state index contributed by atoms with van der Waals surface area (Å²) in [4.78, 5) is 45.5. The van der Waals surface area contributed by atoms with Gasteiger partial charge in [-0.15, -0.1) is 0 Å². The topological polar surface area (TPSA) is 100 Å². The van der Waals surface area contributed by atoms with Gasteiger partial charge >= 0.3 is 0 Å². The zero-order valence-electron chi connectivity index (χ0n) is 18.0. The molecule has 1 aromatic carbocycles. The Bertz CT molecular complexity index is 1250. The number of nitrogens with one attached hydrogen (secondary N) is 1. The van der Waals surface area contributed by atoms with Gasteiger partial charge in [0.1, 0.15) is 6.61 Å². The number of hydrogen-bond acceptors (Lipinski definition) is 5. The molecule has 2 aliphatic rings.